The normalized spacial score (nSPS) is 11.1. The maximum Gasteiger partial charge on any atom is 0.191 e. The Morgan fingerprint density at radius 3 is 2.64 bits per heavy atom. The van der Waals surface area contributed by atoms with Crippen molar-refractivity contribution in [3.05, 3.63) is 46.8 Å². The molecule has 0 aliphatic carbocycles. The molecule has 1 aromatic carbocycles. The van der Waals surface area contributed by atoms with Gasteiger partial charge in [0.05, 0.1) is 12.2 Å². The number of phenols is 1. The number of hydrogen-bond acceptors (Lipinski definition) is 4. The number of aromatic hydroxyl groups is 1. The van der Waals surface area contributed by atoms with E-state index in [1.807, 2.05) is 19.1 Å². The maximum absolute atomic E-state index is 9.53. The van der Waals surface area contributed by atoms with Crippen molar-refractivity contribution in [2.45, 2.75) is 46.7 Å². The maximum atomic E-state index is 9.53. The van der Waals surface area contributed by atoms with Crippen molar-refractivity contribution in [1.29, 1.82) is 0 Å². The van der Waals surface area contributed by atoms with E-state index in [-0.39, 0.29) is 29.7 Å². The molecular weight excluding hydrogens is 431 g/mol. The summed E-state index contributed by atoms with van der Waals surface area (Å²) in [4.78, 5) is 4.57. The number of benzene rings is 1. The van der Waals surface area contributed by atoms with Crippen molar-refractivity contribution in [1.82, 2.24) is 15.8 Å². The van der Waals surface area contributed by atoms with Gasteiger partial charge >= 0.3 is 0 Å². The van der Waals surface area contributed by atoms with Gasteiger partial charge in [-0.25, -0.2) is 4.99 Å². The van der Waals surface area contributed by atoms with Crippen LogP contribution in [0, 0.1) is 0 Å². The number of aliphatic imine (C=N–C) groups is 1. The second-order valence-electron chi connectivity index (χ2n) is 5.46. The van der Waals surface area contributed by atoms with Crippen molar-refractivity contribution < 1.29 is 9.63 Å². The zero-order valence-corrected chi connectivity index (χ0v) is 17.3. The van der Waals surface area contributed by atoms with Crippen LogP contribution < -0.4 is 10.6 Å². The number of halogens is 1. The van der Waals surface area contributed by atoms with Gasteiger partial charge in [-0.05, 0) is 31.0 Å². The van der Waals surface area contributed by atoms with Gasteiger partial charge in [0.15, 0.2) is 5.96 Å². The van der Waals surface area contributed by atoms with Gasteiger partial charge in [-0.3, -0.25) is 0 Å². The minimum atomic E-state index is 0. The molecular formula is C18H27IN4O2. The van der Waals surface area contributed by atoms with Crippen LogP contribution in [-0.2, 0) is 25.9 Å². The molecule has 0 bridgehead atoms. The van der Waals surface area contributed by atoms with Crippen molar-refractivity contribution in [3.63, 3.8) is 0 Å². The zero-order chi connectivity index (χ0) is 17.4. The van der Waals surface area contributed by atoms with Crippen molar-refractivity contribution in [2.24, 2.45) is 4.99 Å². The smallest absolute Gasteiger partial charge is 0.191 e. The van der Waals surface area contributed by atoms with Crippen LogP contribution in [0.5, 0.6) is 5.75 Å². The first-order valence-corrected chi connectivity index (χ1v) is 8.44. The van der Waals surface area contributed by atoms with Crippen molar-refractivity contribution in [2.75, 3.05) is 6.54 Å². The van der Waals surface area contributed by atoms with Crippen LogP contribution >= 0.6 is 24.0 Å². The lowest BCUT2D eigenvalue weighted by Crippen LogP contribution is -2.37. The van der Waals surface area contributed by atoms with Gasteiger partial charge in [-0.1, -0.05) is 31.1 Å². The van der Waals surface area contributed by atoms with Crippen LogP contribution in [-0.4, -0.2) is 22.8 Å². The molecule has 0 fully saturated rings. The van der Waals surface area contributed by atoms with E-state index in [0.717, 1.165) is 47.9 Å². The molecule has 0 amide bonds. The van der Waals surface area contributed by atoms with Crippen LogP contribution in [0.3, 0.4) is 0 Å². The summed E-state index contributed by atoms with van der Waals surface area (Å²) < 4.78 is 5.39. The summed E-state index contributed by atoms with van der Waals surface area (Å²) in [5, 5.41) is 20.2. The van der Waals surface area contributed by atoms with E-state index in [0.29, 0.717) is 13.1 Å². The fourth-order valence-electron chi connectivity index (χ4n) is 2.48. The predicted molar refractivity (Wildman–Crippen MR) is 110 cm³/mol. The number of nitrogens with zero attached hydrogens (tertiary/aromatic N) is 2. The second-order valence-corrected chi connectivity index (χ2v) is 5.46. The van der Waals surface area contributed by atoms with E-state index in [2.05, 4.69) is 34.6 Å². The Labute approximate surface area is 166 Å². The molecule has 0 aliphatic rings. The second kappa shape index (κ2) is 11.0. The van der Waals surface area contributed by atoms with Crippen LogP contribution in [0.2, 0.25) is 0 Å². The summed E-state index contributed by atoms with van der Waals surface area (Å²) >= 11 is 0. The van der Waals surface area contributed by atoms with Crippen LogP contribution in [0.4, 0.5) is 0 Å². The van der Waals surface area contributed by atoms with E-state index >= 15 is 0 Å². The molecule has 0 spiro atoms. The number of aromatic nitrogens is 1. The minimum absolute atomic E-state index is 0. The largest absolute Gasteiger partial charge is 0.508 e. The number of nitrogens with one attached hydrogen (secondary N) is 2. The molecule has 2 rings (SSSR count). The van der Waals surface area contributed by atoms with Gasteiger partial charge in [0.25, 0.3) is 0 Å². The molecule has 25 heavy (non-hydrogen) atoms. The lowest BCUT2D eigenvalue weighted by Gasteiger charge is -2.11. The third kappa shape index (κ3) is 6.22. The topological polar surface area (TPSA) is 82.7 Å². The Balaban J connectivity index is 0.00000312. The lowest BCUT2D eigenvalue weighted by molar-refractivity contribution is 0.380. The Kier molecular flexibility index (Phi) is 9.33. The highest BCUT2D eigenvalue weighted by atomic mass is 127. The summed E-state index contributed by atoms with van der Waals surface area (Å²) in [5.41, 5.74) is 3.06. The van der Waals surface area contributed by atoms with Gasteiger partial charge in [-0.15, -0.1) is 24.0 Å². The molecule has 1 heterocycles. The van der Waals surface area contributed by atoms with Gasteiger partial charge in [-0.2, -0.15) is 0 Å². The SMILES string of the molecule is CCNC(=NCc1cccc(O)c1)NCc1c(CC)noc1CC.I. The van der Waals surface area contributed by atoms with Gasteiger partial charge < -0.3 is 20.3 Å². The summed E-state index contributed by atoms with van der Waals surface area (Å²) in [7, 11) is 0. The molecule has 3 N–H and O–H groups in total. The number of hydrogen-bond donors (Lipinski definition) is 3. The average molecular weight is 458 g/mol. The van der Waals surface area contributed by atoms with Crippen molar-refractivity contribution >= 4 is 29.9 Å². The first-order valence-electron chi connectivity index (χ1n) is 8.44. The van der Waals surface area contributed by atoms with Gasteiger partial charge in [0.1, 0.15) is 11.5 Å². The summed E-state index contributed by atoms with van der Waals surface area (Å²) in [5.74, 6) is 1.90. The minimum Gasteiger partial charge on any atom is -0.508 e. The summed E-state index contributed by atoms with van der Waals surface area (Å²) in [6.45, 7) is 8.06. The quantitative estimate of drug-likeness (QED) is 0.337. The third-order valence-electron chi connectivity index (χ3n) is 3.71. The average Bonchev–Trinajstić information content (AvgIpc) is 2.99. The van der Waals surface area contributed by atoms with Crippen LogP contribution in [0.15, 0.2) is 33.8 Å². The molecule has 6 nitrogen and oxygen atoms in total. The highest BCUT2D eigenvalue weighted by molar-refractivity contribution is 14.0. The van der Waals surface area contributed by atoms with Crippen molar-refractivity contribution in [3.8, 4) is 5.75 Å². The third-order valence-corrected chi connectivity index (χ3v) is 3.71. The van der Waals surface area contributed by atoms with Crippen LogP contribution in [0.1, 0.15) is 43.4 Å². The molecule has 0 saturated carbocycles. The van der Waals surface area contributed by atoms with Gasteiger partial charge in [0, 0.05) is 25.1 Å². The number of phenolic OH excluding ortho intramolecular Hbond substituents is 1. The Bertz CT molecular complexity index is 664. The molecule has 0 saturated heterocycles. The standard InChI is InChI=1S/C18H26N4O2.HI/c1-4-16-15(17(5-2)24-22-16)12-21-18(19-6-3)20-11-13-8-7-9-14(23)10-13;/h7-10,23H,4-6,11-12H2,1-3H3,(H2,19,20,21);1H. The molecule has 1 aromatic heterocycles. The number of rotatable bonds is 7. The van der Waals surface area contributed by atoms with E-state index in [9.17, 15) is 5.11 Å². The van der Waals surface area contributed by atoms with E-state index < -0.39 is 0 Å². The monoisotopic (exact) mass is 458 g/mol. The molecule has 138 valence electrons. The summed E-state index contributed by atoms with van der Waals surface area (Å²) in [6, 6.07) is 7.13. The highest BCUT2D eigenvalue weighted by Crippen LogP contribution is 2.15. The van der Waals surface area contributed by atoms with Crippen LogP contribution in [0.25, 0.3) is 0 Å². The fraction of sp³-hybridized carbons (Fsp3) is 0.444. The van der Waals surface area contributed by atoms with E-state index in [1.54, 1.807) is 12.1 Å². The first-order chi connectivity index (χ1) is 11.7. The molecule has 0 unspecified atom stereocenters. The number of guanidine groups is 1. The molecule has 0 aliphatic heterocycles. The zero-order valence-electron chi connectivity index (χ0n) is 15.0. The molecule has 2 aromatic rings. The Morgan fingerprint density at radius 2 is 2.00 bits per heavy atom. The lowest BCUT2D eigenvalue weighted by atomic mass is 10.1. The van der Waals surface area contributed by atoms with E-state index in [1.165, 1.54) is 0 Å². The molecule has 7 heteroatoms. The predicted octanol–water partition coefficient (Wildman–Crippen LogP) is 3.38. The Hall–Kier alpha value is -1.77. The molecule has 0 atom stereocenters. The number of aryl methyl sites for hydroxylation is 2. The molecule has 0 radical (unpaired) electrons. The first kappa shape index (κ1) is 21.3. The Morgan fingerprint density at radius 1 is 1.20 bits per heavy atom. The van der Waals surface area contributed by atoms with Gasteiger partial charge in [0.2, 0.25) is 0 Å². The highest BCUT2D eigenvalue weighted by Gasteiger charge is 2.13. The van der Waals surface area contributed by atoms with E-state index in [4.69, 9.17) is 4.52 Å². The summed E-state index contributed by atoms with van der Waals surface area (Å²) in [6.07, 6.45) is 1.67. The fourth-order valence-corrected chi connectivity index (χ4v) is 2.48.